The lowest BCUT2D eigenvalue weighted by Gasteiger charge is -2.29. The third-order valence-corrected chi connectivity index (χ3v) is 4.69. The van der Waals surface area contributed by atoms with Crippen molar-refractivity contribution in [1.29, 1.82) is 0 Å². The van der Waals surface area contributed by atoms with Gasteiger partial charge in [-0.2, -0.15) is 0 Å². The standard InChI is InChI=1S/C11H25NO2S/c1-5-7-15(13,14)8-6-10(9-12)11(2,3)4/h10H,5-9,12H2,1-4H3. The summed E-state index contributed by atoms with van der Waals surface area (Å²) in [6.45, 7) is 8.78. The van der Waals surface area contributed by atoms with Crippen molar-refractivity contribution in [2.45, 2.75) is 40.5 Å². The third kappa shape index (κ3) is 6.15. The Bertz CT molecular complexity index is 265. The molecule has 0 rings (SSSR count). The maximum absolute atomic E-state index is 11.5. The van der Waals surface area contributed by atoms with E-state index in [9.17, 15) is 8.42 Å². The van der Waals surface area contributed by atoms with Gasteiger partial charge in [0, 0.05) is 5.75 Å². The predicted octanol–water partition coefficient (Wildman–Crippen LogP) is 1.82. The van der Waals surface area contributed by atoms with Gasteiger partial charge in [0.05, 0.1) is 5.75 Å². The Balaban J connectivity index is 4.25. The van der Waals surface area contributed by atoms with Crippen LogP contribution in [0.4, 0.5) is 0 Å². The fraction of sp³-hybridized carbons (Fsp3) is 1.00. The molecule has 0 heterocycles. The minimum atomic E-state index is -2.85. The molecule has 3 nitrogen and oxygen atoms in total. The van der Waals surface area contributed by atoms with Gasteiger partial charge in [-0.3, -0.25) is 0 Å². The lowest BCUT2D eigenvalue weighted by Crippen LogP contribution is -2.30. The summed E-state index contributed by atoms with van der Waals surface area (Å²) >= 11 is 0. The summed E-state index contributed by atoms with van der Waals surface area (Å²) in [5.41, 5.74) is 5.76. The zero-order chi connectivity index (χ0) is 12.1. The smallest absolute Gasteiger partial charge is 0.150 e. The highest BCUT2D eigenvalue weighted by molar-refractivity contribution is 7.91. The Morgan fingerprint density at radius 2 is 1.73 bits per heavy atom. The zero-order valence-corrected chi connectivity index (χ0v) is 11.2. The molecule has 0 aliphatic heterocycles. The van der Waals surface area contributed by atoms with Crippen LogP contribution in [0, 0.1) is 11.3 Å². The van der Waals surface area contributed by atoms with E-state index in [0.717, 1.165) is 0 Å². The van der Waals surface area contributed by atoms with Crippen LogP contribution in [-0.4, -0.2) is 26.5 Å². The Labute approximate surface area is 94.4 Å². The van der Waals surface area contributed by atoms with Crippen LogP contribution in [0.5, 0.6) is 0 Å². The van der Waals surface area contributed by atoms with Gasteiger partial charge in [-0.25, -0.2) is 8.42 Å². The first-order valence-corrected chi connectivity index (χ1v) is 7.45. The molecule has 1 atom stereocenters. The number of hydrogen-bond donors (Lipinski definition) is 1. The largest absolute Gasteiger partial charge is 0.330 e. The number of rotatable bonds is 6. The second-order valence-electron chi connectivity index (χ2n) is 5.24. The second kappa shape index (κ2) is 5.85. The molecule has 0 aliphatic rings. The molecule has 0 fully saturated rings. The molecule has 0 amide bonds. The highest BCUT2D eigenvalue weighted by atomic mass is 32.2. The van der Waals surface area contributed by atoms with Gasteiger partial charge in [-0.05, 0) is 30.7 Å². The summed E-state index contributed by atoms with van der Waals surface area (Å²) < 4.78 is 23.1. The SMILES string of the molecule is CCCS(=O)(=O)CCC(CN)C(C)(C)C. The van der Waals surface area contributed by atoms with Crippen LogP contribution in [0.15, 0.2) is 0 Å². The van der Waals surface area contributed by atoms with Crippen LogP contribution in [-0.2, 0) is 9.84 Å². The van der Waals surface area contributed by atoms with E-state index in [2.05, 4.69) is 20.8 Å². The van der Waals surface area contributed by atoms with E-state index in [1.54, 1.807) is 0 Å². The second-order valence-corrected chi connectivity index (χ2v) is 7.54. The molecule has 0 aromatic heterocycles. The summed E-state index contributed by atoms with van der Waals surface area (Å²) in [5.74, 6) is 0.859. The van der Waals surface area contributed by atoms with Gasteiger partial charge in [-0.15, -0.1) is 0 Å². The fourth-order valence-corrected chi connectivity index (χ4v) is 3.11. The van der Waals surface area contributed by atoms with Gasteiger partial charge >= 0.3 is 0 Å². The first-order valence-electron chi connectivity index (χ1n) is 5.63. The average Bonchev–Trinajstić information content (AvgIpc) is 2.02. The lowest BCUT2D eigenvalue weighted by molar-refractivity contribution is 0.241. The van der Waals surface area contributed by atoms with E-state index < -0.39 is 9.84 Å². The minimum Gasteiger partial charge on any atom is -0.330 e. The van der Waals surface area contributed by atoms with Crippen molar-refractivity contribution in [3.63, 3.8) is 0 Å². The molecule has 0 bridgehead atoms. The monoisotopic (exact) mass is 235 g/mol. The van der Waals surface area contributed by atoms with E-state index in [4.69, 9.17) is 5.73 Å². The van der Waals surface area contributed by atoms with Crippen molar-refractivity contribution in [1.82, 2.24) is 0 Å². The highest BCUT2D eigenvalue weighted by Crippen LogP contribution is 2.28. The third-order valence-electron chi connectivity index (χ3n) is 2.80. The van der Waals surface area contributed by atoms with Crippen molar-refractivity contribution >= 4 is 9.84 Å². The van der Waals surface area contributed by atoms with Crippen molar-refractivity contribution in [3.05, 3.63) is 0 Å². The molecule has 0 saturated heterocycles. The molecule has 92 valence electrons. The molecule has 0 aromatic rings. The topological polar surface area (TPSA) is 60.2 Å². The van der Waals surface area contributed by atoms with Gasteiger partial charge in [0.2, 0.25) is 0 Å². The average molecular weight is 235 g/mol. The Kier molecular flexibility index (Phi) is 5.81. The normalized spacial score (nSPS) is 15.3. The molecule has 0 saturated carbocycles. The molecule has 4 heteroatoms. The van der Waals surface area contributed by atoms with Gasteiger partial charge in [0.25, 0.3) is 0 Å². The van der Waals surface area contributed by atoms with Crippen LogP contribution in [0.25, 0.3) is 0 Å². The van der Waals surface area contributed by atoms with Crippen LogP contribution < -0.4 is 5.73 Å². The van der Waals surface area contributed by atoms with Crippen molar-refractivity contribution in [3.8, 4) is 0 Å². The van der Waals surface area contributed by atoms with Crippen molar-refractivity contribution in [2.75, 3.05) is 18.1 Å². The summed E-state index contributed by atoms with van der Waals surface area (Å²) in [4.78, 5) is 0. The molecular weight excluding hydrogens is 210 g/mol. The number of sulfone groups is 1. The summed E-state index contributed by atoms with van der Waals surface area (Å²) in [6.07, 6.45) is 1.38. The molecule has 0 spiro atoms. The van der Waals surface area contributed by atoms with E-state index in [1.165, 1.54) is 0 Å². The first kappa shape index (κ1) is 14.9. The van der Waals surface area contributed by atoms with E-state index in [1.807, 2.05) is 6.92 Å². The van der Waals surface area contributed by atoms with Crippen molar-refractivity contribution < 1.29 is 8.42 Å². The molecule has 0 aliphatic carbocycles. The molecule has 0 radical (unpaired) electrons. The van der Waals surface area contributed by atoms with Gasteiger partial charge < -0.3 is 5.73 Å². The zero-order valence-electron chi connectivity index (χ0n) is 10.4. The molecule has 0 aromatic carbocycles. The minimum absolute atomic E-state index is 0.0937. The van der Waals surface area contributed by atoms with Crippen LogP contribution in [0.3, 0.4) is 0 Å². The Morgan fingerprint density at radius 1 is 1.20 bits per heavy atom. The Hall–Kier alpha value is -0.0900. The van der Waals surface area contributed by atoms with Crippen LogP contribution in [0.1, 0.15) is 40.5 Å². The highest BCUT2D eigenvalue weighted by Gasteiger charge is 2.24. The van der Waals surface area contributed by atoms with E-state index >= 15 is 0 Å². The Morgan fingerprint density at radius 3 is 2.07 bits per heavy atom. The first-order chi connectivity index (χ1) is 6.73. The summed E-state index contributed by atoms with van der Waals surface area (Å²) in [7, 11) is -2.85. The van der Waals surface area contributed by atoms with Gasteiger partial charge in [0.15, 0.2) is 0 Å². The quantitative estimate of drug-likeness (QED) is 0.764. The lowest BCUT2D eigenvalue weighted by atomic mass is 9.79. The molecule has 2 N–H and O–H groups in total. The van der Waals surface area contributed by atoms with E-state index in [-0.39, 0.29) is 17.1 Å². The molecule has 1 unspecified atom stereocenters. The summed E-state index contributed by atoms with van der Waals surface area (Å²) in [5, 5.41) is 0. The number of hydrogen-bond acceptors (Lipinski definition) is 3. The molecule has 15 heavy (non-hydrogen) atoms. The van der Waals surface area contributed by atoms with Gasteiger partial charge in [-0.1, -0.05) is 27.7 Å². The maximum Gasteiger partial charge on any atom is 0.150 e. The number of nitrogens with two attached hydrogens (primary N) is 1. The van der Waals surface area contributed by atoms with E-state index in [0.29, 0.717) is 25.1 Å². The van der Waals surface area contributed by atoms with Crippen LogP contribution >= 0.6 is 0 Å². The van der Waals surface area contributed by atoms with Crippen molar-refractivity contribution in [2.24, 2.45) is 17.1 Å². The van der Waals surface area contributed by atoms with Crippen LogP contribution in [0.2, 0.25) is 0 Å². The fourth-order valence-electron chi connectivity index (χ4n) is 1.64. The predicted molar refractivity (Wildman–Crippen MR) is 65.6 cm³/mol. The molecular formula is C11H25NO2S. The van der Waals surface area contributed by atoms with Gasteiger partial charge in [0.1, 0.15) is 9.84 Å². The maximum atomic E-state index is 11.5. The summed E-state index contributed by atoms with van der Waals surface area (Å²) in [6, 6.07) is 0.